The molecule has 0 amide bonds. The Hall–Kier alpha value is -2.72. The zero-order chi connectivity index (χ0) is 21.4. The lowest BCUT2D eigenvalue weighted by atomic mass is 9.95. The van der Waals surface area contributed by atoms with Crippen LogP contribution in [0, 0.1) is 5.92 Å². The first-order valence-corrected chi connectivity index (χ1v) is 8.57. The second-order valence-electron chi connectivity index (χ2n) is 6.58. The minimum Gasteiger partial charge on any atom is -0.465 e. The standard InChI is InChI=1S/C18H16F6N2O3/c1-28-16(27)11-6-10-7-13(29-18(22,23)24)8-14(15(10)25-9-11)26-4-2-12(3-5-26)17(19,20)21/h6-9,12H,2-5H2,1H3. The third-order valence-corrected chi connectivity index (χ3v) is 4.69. The van der Waals surface area contributed by atoms with Crippen LogP contribution in [0.5, 0.6) is 5.75 Å². The number of aromatic nitrogens is 1. The molecule has 11 heteroatoms. The van der Waals surface area contributed by atoms with Crippen molar-refractivity contribution < 1.29 is 40.6 Å². The lowest BCUT2D eigenvalue weighted by Crippen LogP contribution is -2.39. The van der Waals surface area contributed by atoms with E-state index in [9.17, 15) is 31.1 Å². The molecule has 0 radical (unpaired) electrons. The van der Waals surface area contributed by atoms with Crippen molar-refractivity contribution in [3.63, 3.8) is 0 Å². The molecule has 5 nitrogen and oxygen atoms in total. The quantitative estimate of drug-likeness (QED) is 0.530. The number of hydrogen-bond acceptors (Lipinski definition) is 5. The van der Waals surface area contributed by atoms with Crippen LogP contribution in [0.15, 0.2) is 24.4 Å². The van der Waals surface area contributed by atoms with Crippen molar-refractivity contribution in [1.29, 1.82) is 0 Å². The van der Waals surface area contributed by atoms with Gasteiger partial charge in [-0.2, -0.15) is 13.2 Å². The highest BCUT2D eigenvalue weighted by molar-refractivity contribution is 5.98. The largest absolute Gasteiger partial charge is 0.573 e. The summed E-state index contributed by atoms with van der Waals surface area (Å²) in [5, 5.41) is 0.169. The Morgan fingerprint density at radius 1 is 1.10 bits per heavy atom. The summed E-state index contributed by atoms with van der Waals surface area (Å²) in [5.74, 6) is -2.74. The van der Waals surface area contributed by atoms with Gasteiger partial charge in [0.25, 0.3) is 0 Å². The second kappa shape index (κ2) is 7.60. The average Bonchev–Trinajstić information content (AvgIpc) is 2.64. The topological polar surface area (TPSA) is 51.7 Å². The Balaban J connectivity index is 2.01. The molecule has 0 spiro atoms. The molecule has 1 saturated heterocycles. The van der Waals surface area contributed by atoms with E-state index in [1.54, 1.807) is 4.90 Å². The van der Waals surface area contributed by atoms with Crippen LogP contribution in [0.4, 0.5) is 32.0 Å². The molecule has 29 heavy (non-hydrogen) atoms. The van der Waals surface area contributed by atoms with Crippen LogP contribution >= 0.6 is 0 Å². The van der Waals surface area contributed by atoms with Gasteiger partial charge in [-0.25, -0.2) is 4.79 Å². The maximum atomic E-state index is 12.9. The molecule has 0 aliphatic carbocycles. The highest BCUT2D eigenvalue weighted by atomic mass is 19.4. The van der Waals surface area contributed by atoms with Crippen molar-refractivity contribution in [3.8, 4) is 5.75 Å². The van der Waals surface area contributed by atoms with Crippen LogP contribution in [-0.2, 0) is 4.74 Å². The van der Waals surface area contributed by atoms with Crippen molar-refractivity contribution in [3.05, 3.63) is 30.0 Å². The number of nitrogens with zero attached hydrogens (tertiary/aromatic N) is 2. The fourth-order valence-electron chi connectivity index (χ4n) is 3.31. The maximum absolute atomic E-state index is 12.9. The van der Waals surface area contributed by atoms with Crippen molar-refractivity contribution in [1.82, 2.24) is 4.98 Å². The smallest absolute Gasteiger partial charge is 0.465 e. The van der Waals surface area contributed by atoms with Crippen molar-refractivity contribution >= 4 is 22.6 Å². The van der Waals surface area contributed by atoms with Crippen LogP contribution < -0.4 is 9.64 Å². The van der Waals surface area contributed by atoms with Crippen LogP contribution in [-0.4, -0.2) is 43.7 Å². The summed E-state index contributed by atoms with van der Waals surface area (Å²) in [6, 6.07) is 3.45. The van der Waals surface area contributed by atoms with Gasteiger partial charge in [0, 0.05) is 30.7 Å². The lowest BCUT2D eigenvalue weighted by molar-refractivity contribution is -0.274. The number of fused-ring (bicyclic) bond motifs is 1. The van der Waals surface area contributed by atoms with Gasteiger partial charge < -0.3 is 14.4 Å². The molecule has 0 N–H and O–H groups in total. The lowest BCUT2D eigenvalue weighted by Gasteiger charge is -2.35. The maximum Gasteiger partial charge on any atom is 0.573 e. The van der Waals surface area contributed by atoms with Gasteiger partial charge >= 0.3 is 18.5 Å². The van der Waals surface area contributed by atoms with Gasteiger partial charge in [-0.05, 0) is 25.0 Å². The second-order valence-corrected chi connectivity index (χ2v) is 6.58. The molecule has 158 valence electrons. The first-order valence-electron chi connectivity index (χ1n) is 8.57. The predicted molar refractivity (Wildman–Crippen MR) is 90.8 cm³/mol. The normalized spacial score (nSPS) is 16.2. The van der Waals surface area contributed by atoms with Crippen LogP contribution in [0.3, 0.4) is 0 Å². The minimum atomic E-state index is -4.96. The fraction of sp³-hybridized carbons (Fsp3) is 0.444. The number of alkyl halides is 6. The first kappa shape index (κ1) is 21.0. The third-order valence-electron chi connectivity index (χ3n) is 4.69. The van der Waals surface area contributed by atoms with E-state index >= 15 is 0 Å². The Bertz CT molecular complexity index is 905. The predicted octanol–water partition coefficient (Wildman–Crippen LogP) is 4.70. The summed E-state index contributed by atoms with van der Waals surface area (Å²) < 4.78 is 85.4. The van der Waals surface area contributed by atoms with E-state index in [4.69, 9.17) is 0 Å². The number of pyridine rings is 1. The van der Waals surface area contributed by atoms with Gasteiger partial charge in [0.2, 0.25) is 0 Å². The molecule has 1 aliphatic rings. The molecule has 1 aliphatic heterocycles. The highest BCUT2D eigenvalue weighted by Gasteiger charge is 2.41. The van der Waals surface area contributed by atoms with E-state index in [0.717, 1.165) is 19.2 Å². The molecule has 2 aromatic rings. The number of esters is 1. The zero-order valence-corrected chi connectivity index (χ0v) is 15.1. The number of anilines is 1. The minimum absolute atomic E-state index is 0.00478. The van der Waals surface area contributed by atoms with E-state index in [0.29, 0.717) is 0 Å². The first-order chi connectivity index (χ1) is 13.5. The number of carbonyl (C=O) groups is 1. The summed E-state index contributed by atoms with van der Waals surface area (Å²) >= 11 is 0. The van der Waals surface area contributed by atoms with E-state index in [1.165, 1.54) is 12.3 Å². The summed E-state index contributed by atoms with van der Waals surface area (Å²) in [6.07, 6.45) is -8.44. The van der Waals surface area contributed by atoms with E-state index in [2.05, 4.69) is 14.5 Å². The number of carbonyl (C=O) groups excluding carboxylic acids is 1. The molecule has 0 saturated carbocycles. The molecule has 0 unspecified atom stereocenters. The SMILES string of the molecule is COC(=O)c1cnc2c(N3CCC(C(F)(F)F)CC3)cc(OC(F)(F)F)cc2c1. The van der Waals surface area contributed by atoms with Gasteiger partial charge in [-0.3, -0.25) is 4.98 Å². The molecule has 0 atom stereocenters. The number of piperidine rings is 1. The van der Waals surface area contributed by atoms with E-state index in [1.807, 2.05) is 0 Å². The van der Waals surface area contributed by atoms with Crippen molar-refractivity contribution in [2.24, 2.45) is 5.92 Å². The third kappa shape index (κ3) is 4.83. The Labute approximate surface area is 161 Å². The molecule has 2 heterocycles. The number of rotatable bonds is 3. The summed E-state index contributed by atoms with van der Waals surface area (Å²) in [7, 11) is 1.14. The average molecular weight is 422 g/mol. The van der Waals surface area contributed by atoms with E-state index in [-0.39, 0.29) is 48.1 Å². The Morgan fingerprint density at radius 2 is 1.76 bits per heavy atom. The van der Waals surface area contributed by atoms with Crippen LogP contribution in [0.25, 0.3) is 10.9 Å². The summed E-state index contributed by atoms with van der Waals surface area (Å²) in [6.45, 7) is -0.00956. The Kier molecular flexibility index (Phi) is 5.50. The van der Waals surface area contributed by atoms with Crippen LogP contribution in [0.2, 0.25) is 0 Å². The molecule has 1 aromatic heterocycles. The molecular weight excluding hydrogens is 406 g/mol. The number of halogens is 6. The summed E-state index contributed by atoms with van der Waals surface area (Å²) in [5.41, 5.74) is 0.474. The Morgan fingerprint density at radius 3 is 2.31 bits per heavy atom. The van der Waals surface area contributed by atoms with Gasteiger partial charge in [0.15, 0.2) is 0 Å². The monoisotopic (exact) mass is 422 g/mol. The van der Waals surface area contributed by atoms with Gasteiger partial charge in [-0.1, -0.05) is 0 Å². The molecule has 1 aromatic carbocycles. The van der Waals surface area contributed by atoms with Crippen molar-refractivity contribution in [2.45, 2.75) is 25.4 Å². The molecule has 1 fully saturated rings. The van der Waals surface area contributed by atoms with Gasteiger partial charge in [0.05, 0.1) is 29.8 Å². The van der Waals surface area contributed by atoms with Gasteiger partial charge in [0.1, 0.15) is 5.75 Å². The number of ether oxygens (including phenoxy) is 2. The zero-order valence-electron chi connectivity index (χ0n) is 15.1. The number of hydrogen-bond donors (Lipinski definition) is 0. The van der Waals surface area contributed by atoms with Crippen molar-refractivity contribution in [2.75, 3.05) is 25.1 Å². The number of methoxy groups -OCH3 is 1. The highest BCUT2D eigenvalue weighted by Crippen LogP contribution is 2.39. The molecule has 3 rings (SSSR count). The van der Waals surface area contributed by atoms with Crippen LogP contribution in [0.1, 0.15) is 23.2 Å². The van der Waals surface area contributed by atoms with E-state index < -0.39 is 30.2 Å². The number of benzene rings is 1. The fourth-order valence-corrected chi connectivity index (χ4v) is 3.31. The summed E-state index contributed by atoms with van der Waals surface area (Å²) in [4.78, 5) is 17.4. The molecular formula is C18H16F6N2O3. The van der Waals surface area contributed by atoms with Gasteiger partial charge in [-0.15, -0.1) is 13.2 Å². The molecule has 0 bridgehead atoms.